The lowest BCUT2D eigenvalue weighted by Crippen LogP contribution is -2.44. The van der Waals surface area contributed by atoms with Gasteiger partial charge in [0.15, 0.2) is 11.5 Å². The highest BCUT2D eigenvalue weighted by Gasteiger charge is 2.31. The maximum absolute atomic E-state index is 15.3. The SMILES string of the molecule is C=Cc1cccc(F)c1-c1cn2nc(OC)c(CO)c2nc1-c1ccc(CN2CC(c3nc(-c4ccccn4)n[nH]3)C2)cc1. The largest absolute Gasteiger partial charge is 0.480 e. The van der Waals surface area contributed by atoms with Crippen molar-refractivity contribution >= 4 is 11.7 Å². The monoisotopic (exact) mass is 588 g/mol. The first-order chi connectivity index (χ1) is 21.6. The summed E-state index contributed by atoms with van der Waals surface area (Å²) in [6.07, 6.45) is 5.08. The maximum atomic E-state index is 15.3. The van der Waals surface area contributed by atoms with E-state index in [0.29, 0.717) is 39.4 Å². The van der Waals surface area contributed by atoms with Crippen LogP contribution >= 0.6 is 0 Å². The molecule has 0 aliphatic carbocycles. The predicted molar refractivity (Wildman–Crippen MR) is 164 cm³/mol. The van der Waals surface area contributed by atoms with Gasteiger partial charge in [-0.3, -0.25) is 15.0 Å². The van der Waals surface area contributed by atoms with E-state index in [-0.39, 0.29) is 18.4 Å². The van der Waals surface area contributed by atoms with Gasteiger partial charge in [-0.05, 0) is 29.3 Å². The lowest BCUT2D eigenvalue weighted by molar-refractivity contribution is 0.135. The number of hydrogen-bond acceptors (Lipinski definition) is 8. The van der Waals surface area contributed by atoms with Crippen LogP contribution in [0.15, 0.2) is 79.6 Å². The summed E-state index contributed by atoms with van der Waals surface area (Å²) in [6.45, 7) is 6.09. The molecule has 7 rings (SSSR count). The van der Waals surface area contributed by atoms with Crippen molar-refractivity contribution in [2.45, 2.75) is 19.1 Å². The van der Waals surface area contributed by atoms with E-state index in [2.05, 4.69) is 48.9 Å². The van der Waals surface area contributed by atoms with E-state index in [1.165, 1.54) is 17.7 Å². The molecule has 0 bridgehead atoms. The van der Waals surface area contributed by atoms with Crippen molar-refractivity contribution in [1.29, 1.82) is 0 Å². The molecule has 6 aromatic rings. The van der Waals surface area contributed by atoms with Crippen molar-refractivity contribution < 1.29 is 14.2 Å². The number of aromatic amines is 1. The minimum absolute atomic E-state index is 0.266. The molecule has 1 fully saturated rings. The number of methoxy groups -OCH3 is 1. The zero-order chi connectivity index (χ0) is 30.2. The number of fused-ring (bicyclic) bond motifs is 1. The summed E-state index contributed by atoms with van der Waals surface area (Å²) in [5.74, 6) is 1.64. The topological polar surface area (TPSA) is 117 Å². The smallest absolute Gasteiger partial charge is 0.240 e. The third-order valence-electron chi connectivity index (χ3n) is 7.93. The van der Waals surface area contributed by atoms with Gasteiger partial charge < -0.3 is 9.84 Å². The Morgan fingerprint density at radius 1 is 1.09 bits per heavy atom. The van der Waals surface area contributed by atoms with E-state index >= 15 is 4.39 Å². The van der Waals surface area contributed by atoms with Gasteiger partial charge in [0.05, 0.1) is 25.0 Å². The summed E-state index contributed by atoms with van der Waals surface area (Å²) < 4.78 is 22.2. The van der Waals surface area contributed by atoms with E-state index in [1.807, 2.05) is 36.4 Å². The Bertz CT molecular complexity index is 1960. The van der Waals surface area contributed by atoms with Crippen LogP contribution in [0, 0.1) is 5.82 Å². The van der Waals surface area contributed by atoms with Crippen LogP contribution in [0.4, 0.5) is 4.39 Å². The quantitative estimate of drug-likeness (QED) is 0.239. The Hall–Kier alpha value is -5.26. The van der Waals surface area contributed by atoms with Gasteiger partial charge in [-0.15, -0.1) is 5.10 Å². The van der Waals surface area contributed by atoms with Crippen molar-refractivity contribution in [3.63, 3.8) is 0 Å². The average Bonchev–Trinajstić information content (AvgIpc) is 3.67. The van der Waals surface area contributed by atoms with Gasteiger partial charge in [-0.2, -0.15) is 5.10 Å². The molecule has 1 aliphatic rings. The first-order valence-corrected chi connectivity index (χ1v) is 14.2. The van der Waals surface area contributed by atoms with Crippen LogP contribution in [-0.2, 0) is 13.2 Å². The van der Waals surface area contributed by atoms with E-state index in [0.717, 1.165) is 42.3 Å². The Morgan fingerprint density at radius 3 is 2.66 bits per heavy atom. The number of halogens is 1. The molecule has 11 heteroatoms. The fraction of sp³-hybridized carbons (Fsp3) is 0.182. The molecule has 0 spiro atoms. The van der Waals surface area contributed by atoms with Crippen LogP contribution in [-0.4, -0.2) is 65.0 Å². The molecule has 5 heterocycles. The number of ether oxygens (including phenoxy) is 1. The third-order valence-corrected chi connectivity index (χ3v) is 7.93. The van der Waals surface area contributed by atoms with Crippen LogP contribution in [0.3, 0.4) is 0 Å². The second-order valence-electron chi connectivity index (χ2n) is 10.7. The zero-order valence-electron chi connectivity index (χ0n) is 24.0. The normalized spacial score (nSPS) is 13.7. The fourth-order valence-corrected chi connectivity index (χ4v) is 5.66. The van der Waals surface area contributed by atoms with Gasteiger partial charge in [0.2, 0.25) is 5.88 Å². The number of benzene rings is 2. The minimum Gasteiger partial charge on any atom is -0.480 e. The van der Waals surface area contributed by atoms with Gasteiger partial charge in [-0.1, -0.05) is 55.1 Å². The van der Waals surface area contributed by atoms with Crippen LogP contribution in [0.25, 0.3) is 45.6 Å². The number of H-pyrrole nitrogens is 1. The predicted octanol–water partition coefficient (Wildman–Crippen LogP) is 5.13. The summed E-state index contributed by atoms with van der Waals surface area (Å²) in [4.78, 5) is 16.2. The molecule has 0 atom stereocenters. The molecule has 2 aromatic carbocycles. The number of aliphatic hydroxyl groups excluding tert-OH is 1. The van der Waals surface area contributed by atoms with Gasteiger partial charge >= 0.3 is 0 Å². The highest BCUT2D eigenvalue weighted by molar-refractivity contribution is 5.86. The summed E-state index contributed by atoms with van der Waals surface area (Å²) in [5.41, 5.74) is 5.72. The van der Waals surface area contributed by atoms with Crippen molar-refractivity contribution in [3.8, 4) is 39.8 Å². The molecule has 0 radical (unpaired) electrons. The maximum Gasteiger partial charge on any atom is 0.240 e. The molecule has 0 amide bonds. The van der Waals surface area contributed by atoms with Gasteiger partial charge in [-0.25, -0.2) is 18.9 Å². The molecule has 4 aromatic heterocycles. The van der Waals surface area contributed by atoms with E-state index in [1.54, 1.807) is 24.5 Å². The third kappa shape index (κ3) is 4.91. The molecule has 10 nitrogen and oxygen atoms in total. The Morgan fingerprint density at radius 2 is 1.93 bits per heavy atom. The lowest BCUT2D eigenvalue weighted by atomic mass is 9.95. The standard InChI is InChI=1S/C33H29FN8O2/c1-3-21-7-6-8-26(34)28(21)24-18-42-32(25(19-43)33(40-42)44-2)36-29(24)22-12-10-20(11-13-22)15-41-16-23(17-41)30-37-31(39-38-30)27-9-4-5-14-35-27/h3-14,18,23,43H,1,15-17,19H2,2H3,(H,37,38,39). The summed E-state index contributed by atoms with van der Waals surface area (Å²) in [6, 6.07) is 18.7. The number of rotatable bonds is 9. The molecule has 1 aliphatic heterocycles. The number of hydrogen-bond donors (Lipinski definition) is 2. The van der Waals surface area contributed by atoms with E-state index in [4.69, 9.17) is 9.72 Å². The van der Waals surface area contributed by atoms with Crippen LogP contribution < -0.4 is 4.74 Å². The highest BCUT2D eigenvalue weighted by atomic mass is 19.1. The lowest BCUT2D eigenvalue weighted by Gasteiger charge is -2.38. The minimum atomic E-state index is -0.394. The van der Waals surface area contributed by atoms with Gasteiger partial charge in [0.1, 0.15) is 17.3 Å². The first kappa shape index (κ1) is 27.6. The zero-order valence-corrected chi connectivity index (χ0v) is 24.0. The number of likely N-dealkylation sites (tertiary alicyclic amines) is 1. The molecule has 220 valence electrons. The summed E-state index contributed by atoms with van der Waals surface area (Å²) in [5, 5.41) is 21.9. The molecular formula is C33H29FN8O2. The molecule has 2 N–H and O–H groups in total. The number of aromatic nitrogens is 7. The van der Waals surface area contributed by atoms with Gasteiger partial charge in [0, 0.05) is 54.6 Å². The first-order valence-electron chi connectivity index (χ1n) is 14.2. The molecule has 1 saturated heterocycles. The number of nitrogens with one attached hydrogen (secondary N) is 1. The average molecular weight is 589 g/mol. The van der Waals surface area contributed by atoms with Gasteiger partial charge in [0.25, 0.3) is 0 Å². The van der Waals surface area contributed by atoms with Crippen LogP contribution in [0.2, 0.25) is 0 Å². The van der Waals surface area contributed by atoms with E-state index < -0.39 is 5.82 Å². The second-order valence-corrected chi connectivity index (χ2v) is 10.7. The molecular weight excluding hydrogens is 559 g/mol. The Labute approximate surface area is 252 Å². The fourth-order valence-electron chi connectivity index (χ4n) is 5.66. The molecule has 44 heavy (non-hydrogen) atoms. The van der Waals surface area contributed by atoms with E-state index in [9.17, 15) is 5.11 Å². The van der Waals surface area contributed by atoms with Crippen molar-refractivity contribution in [1.82, 2.24) is 39.7 Å². The summed E-state index contributed by atoms with van der Waals surface area (Å²) in [7, 11) is 1.49. The molecule has 0 saturated carbocycles. The second kappa shape index (κ2) is 11.4. The number of nitrogens with zero attached hydrogens (tertiary/aromatic N) is 7. The van der Waals surface area contributed by atoms with Crippen molar-refractivity contribution in [3.05, 3.63) is 108 Å². The highest BCUT2D eigenvalue weighted by Crippen LogP contribution is 2.37. The number of aliphatic hydroxyl groups is 1. The van der Waals surface area contributed by atoms with Crippen LogP contribution in [0.5, 0.6) is 5.88 Å². The van der Waals surface area contributed by atoms with Crippen molar-refractivity contribution in [2.24, 2.45) is 0 Å². The Balaban J connectivity index is 1.15. The van der Waals surface area contributed by atoms with Crippen LogP contribution in [0.1, 0.15) is 28.4 Å². The Kier molecular flexibility index (Phi) is 7.17. The molecule has 0 unspecified atom stereocenters. The van der Waals surface area contributed by atoms with Crippen molar-refractivity contribution in [2.75, 3.05) is 20.2 Å². The summed E-state index contributed by atoms with van der Waals surface area (Å²) >= 11 is 0. The number of pyridine rings is 1.